The number of amides is 1. The number of hydrogen-bond acceptors (Lipinski definition) is 3. The average molecular weight is 427 g/mol. The largest absolute Gasteiger partial charge is 0.319 e. The average Bonchev–Trinajstić information content (AvgIpc) is 3.16. The first kappa shape index (κ1) is 19.1. The van der Waals surface area contributed by atoms with Gasteiger partial charge in [0.05, 0.1) is 5.69 Å². The Kier molecular flexibility index (Phi) is 5.29. The van der Waals surface area contributed by atoms with Gasteiger partial charge in [0.2, 0.25) is 5.82 Å². The molecule has 29 heavy (non-hydrogen) atoms. The summed E-state index contributed by atoms with van der Waals surface area (Å²) in [6.07, 6.45) is 0. The molecule has 0 saturated heterocycles. The van der Waals surface area contributed by atoms with Crippen molar-refractivity contribution in [2.75, 3.05) is 5.32 Å². The summed E-state index contributed by atoms with van der Waals surface area (Å²) in [5, 5.41) is 8.21. The third-order valence-corrected chi connectivity index (χ3v) is 4.59. The van der Waals surface area contributed by atoms with Crippen LogP contribution in [0.15, 0.2) is 72.8 Å². The molecule has 0 bridgehead atoms. The predicted octanol–water partition coefficient (Wildman–Crippen LogP) is 5.63. The summed E-state index contributed by atoms with van der Waals surface area (Å²) >= 11 is 11.8. The fourth-order valence-corrected chi connectivity index (χ4v) is 2.93. The zero-order valence-electron chi connectivity index (χ0n) is 14.8. The van der Waals surface area contributed by atoms with E-state index in [0.717, 1.165) is 0 Å². The van der Waals surface area contributed by atoms with E-state index >= 15 is 0 Å². The topological polar surface area (TPSA) is 59.8 Å². The van der Waals surface area contributed by atoms with Crippen LogP contribution in [0.5, 0.6) is 0 Å². The van der Waals surface area contributed by atoms with Gasteiger partial charge in [-0.1, -0.05) is 23.2 Å². The summed E-state index contributed by atoms with van der Waals surface area (Å²) in [5.41, 5.74) is 1.83. The minimum Gasteiger partial charge on any atom is -0.319 e. The van der Waals surface area contributed by atoms with Crippen molar-refractivity contribution in [3.63, 3.8) is 0 Å². The molecule has 1 amide bonds. The zero-order chi connectivity index (χ0) is 20.4. The Bertz CT molecular complexity index is 1090. The number of halogens is 3. The Hall–Kier alpha value is -3.22. The standard InChI is InChI=1S/C21H13Cl2FN4O/c22-14-3-9-17(10-4-14)25-21(29)19-26-20(13-1-7-16(24)8-2-13)28(27-19)18-11-5-15(23)6-12-18/h1-12H,(H,25,29). The number of benzene rings is 3. The highest BCUT2D eigenvalue weighted by Gasteiger charge is 2.19. The van der Waals surface area contributed by atoms with Crippen LogP contribution in [0.4, 0.5) is 10.1 Å². The van der Waals surface area contributed by atoms with E-state index in [2.05, 4.69) is 15.4 Å². The smallest absolute Gasteiger partial charge is 0.295 e. The summed E-state index contributed by atoms with van der Waals surface area (Å²) < 4.78 is 14.9. The van der Waals surface area contributed by atoms with Crippen LogP contribution in [0.25, 0.3) is 17.1 Å². The molecule has 0 saturated carbocycles. The summed E-state index contributed by atoms with van der Waals surface area (Å²) in [6, 6.07) is 19.4. The predicted molar refractivity (Wildman–Crippen MR) is 111 cm³/mol. The molecular weight excluding hydrogens is 414 g/mol. The molecule has 0 spiro atoms. The molecule has 0 atom stereocenters. The number of rotatable bonds is 4. The minimum atomic E-state index is -0.483. The Labute approximate surface area is 175 Å². The quantitative estimate of drug-likeness (QED) is 0.459. The van der Waals surface area contributed by atoms with Gasteiger partial charge < -0.3 is 5.32 Å². The van der Waals surface area contributed by atoms with Gasteiger partial charge in [0.15, 0.2) is 5.82 Å². The van der Waals surface area contributed by atoms with Crippen LogP contribution in [0.3, 0.4) is 0 Å². The number of anilines is 1. The number of nitrogens with one attached hydrogen (secondary N) is 1. The van der Waals surface area contributed by atoms with Crippen LogP contribution in [-0.4, -0.2) is 20.7 Å². The Morgan fingerprint density at radius 2 is 1.45 bits per heavy atom. The van der Waals surface area contributed by atoms with Crippen LogP contribution >= 0.6 is 23.2 Å². The van der Waals surface area contributed by atoms with Crippen LogP contribution in [-0.2, 0) is 0 Å². The second kappa shape index (κ2) is 8.03. The van der Waals surface area contributed by atoms with Gasteiger partial charge in [-0.3, -0.25) is 4.79 Å². The van der Waals surface area contributed by atoms with E-state index in [1.54, 1.807) is 60.7 Å². The molecule has 0 radical (unpaired) electrons. The van der Waals surface area contributed by atoms with Gasteiger partial charge in [0.25, 0.3) is 5.91 Å². The number of hydrogen-bond donors (Lipinski definition) is 1. The molecule has 0 fully saturated rings. The van der Waals surface area contributed by atoms with Crippen LogP contribution in [0.1, 0.15) is 10.6 Å². The van der Waals surface area contributed by atoms with E-state index in [-0.39, 0.29) is 11.6 Å². The molecule has 144 valence electrons. The van der Waals surface area contributed by atoms with E-state index < -0.39 is 5.91 Å². The first-order valence-corrected chi connectivity index (χ1v) is 9.31. The maximum absolute atomic E-state index is 13.3. The highest BCUT2D eigenvalue weighted by atomic mass is 35.5. The monoisotopic (exact) mass is 426 g/mol. The third-order valence-electron chi connectivity index (χ3n) is 4.09. The van der Waals surface area contributed by atoms with Crippen LogP contribution in [0, 0.1) is 5.82 Å². The first-order valence-electron chi connectivity index (χ1n) is 8.55. The molecule has 0 aliphatic heterocycles. The Morgan fingerprint density at radius 1 is 0.862 bits per heavy atom. The maximum atomic E-state index is 13.3. The zero-order valence-corrected chi connectivity index (χ0v) is 16.3. The lowest BCUT2D eigenvalue weighted by Gasteiger charge is -2.06. The van der Waals surface area contributed by atoms with Gasteiger partial charge >= 0.3 is 0 Å². The van der Waals surface area contributed by atoms with Gasteiger partial charge in [-0.15, -0.1) is 5.10 Å². The lowest BCUT2D eigenvalue weighted by molar-refractivity contribution is 0.101. The number of nitrogens with zero attached hydrogens (tertiary/aromatic N) is 3. The molecular formula is C21H13Cl2FN4O. The third kappa shape index (κ3) is 4.29. The molecule has 1 N–H and O–H groups in total. The van der Waals surface area contributed by atoms with Gasteiger partial charge in [-0.05, 0) is 72.8 Å². The Morgan fingerprint density at radius 3 is 2.07 bits per heavy atom. The van der Waals surface area contributed by atoms with Crippen molar-refractivity contribution in [2.24, 2.45) is 0 Å². The van der Waals surface area contributed by atoms with Gasteiger partial charge in [-0.2, -0.15) is 0 Å². The lowest BCUT2D eigenvalue weighted by Crippen LogP contribution is -2.14. The number of aromatic nitrogens is 3. The van der Waals surface area contributed by atoms with Crippen molar-refractivity contribution < 1.29 is 9.18 Å². The second-order valence-electron chi connectivity index (χ2n) is 6.12. The summed E-state index contributed by atoms with van der Waals surface area (Å²) in [7, 11) is 0. The van der Waals surface area contributed by atoms with E-state index in [1.165, 1.54) is 16.8 Å². The maximum Gasteiger partial charge on any atom is 0.295 e. The van der Waals surface area contributed by atoms with Gasteiger partial charge in [0.1, 0.15) is 5.82 Å². The second-order valence-corrected chi connectivity index (χ2v) is 6.99. The minimum absolute atomic E-state index is 0.0331. The van der Waals surface area contributed by atoms with E-state index in [1.807, 2.05) is 0 Å². The van der Waals surface area contributed by atoms with Crippen molar-refractivity contribution in [1.82, 2.24) is 14.8 Å². The van der Waals surface area contributed by atoms with Crippen LogP contribution in [0.2, 0.25) is 10.0 Å². The molecule has 0 aliphatic rings. The highest BCUT2D eigenvalue weighted by Crippen LogP contribution is 2.23. The molecule has 5 nitrogen and oxygen atoms in total. The van der Waals surface area contributed by atoms with Crippen molar-refractivity contribution in [3.8, 4) is 17.1 Å². The molecule has 1 heterocycles. The first-order chi connectivity index (χ1) is 14.0. The van der Waals surface area contributed by atoms with Crippen molar-refractivity contribution in [1.29, 1.82) is 0 Å². The summed E-state index contributed by atoms with van der Waals surface area (Å²) in [6.45, 7) is 0. The van der Waals surface area contributed by atoms with Crippen molar-refractivity contribution in [3.05, 3.63) is 94.5 Å². The van der Waals surface area contributed by atoms with Crippen LogP contribution < -0.4 is 5.32 Å². The number of carbonyl (C=O) groups is 1. The van der Waals surface area contributed by atoms with E-state index in [0.29, 0.717) is 32.8 Å². The fourth-order valence-electron chi connectivity index (χ4n) is 2.68. The van der Waals surface area contributed by atoms with Gasteiger partial charge in [-0.25, -0.2) is 14.1 Å². The normalized spacial score (nSPS) is 10.7. The fraction of sp³-hybridized carbons (Fsp3) is 0. The molecule has 8 heteroatoms. The van der Waals surface area contributed by atoms with Crippen molar-refractivity contribution >= 4 is 34.8 Å². The Balaban J connectivity index is 1.74. The molecule has 4 rings (SSSR count). The highest BCUT2D eigenvalue weighted by molar-refractivity contribution is 6.30. The van der Waals surface area contributed by atoms with Crippen molar-refractivity contribution in [2.45, 2.75) is 0 Å². The molecule has 0 aliphatic carbocycles. The summed E-state index contributed by atoms with van der Waals surface area (Å²) in [5.74, 6) is -0.488. The van der Waals surface area contributed by atoms with E-state index in [4.69, 9.17) is 23.2 Å². The molecule has 3 aromatic carbocycles. The molecule has 4 aromatic rings. The van der Waals surface area contributed by atoms with Gasteiger partial charge in [0, 0.05) is 21.3 Å². The lowest BCUT2D eigenvalue weighted by atomic mass is 10.2. The number of carbonyl (C=O) groups excluding carboxylic acids is 1. The molecule has 1 aromatic heterocycles. The SMILES string of the molecule is O=C(Nc1ccc(Cl)cc1)c1nc(-c2ccc(F)cc2)n(-c2ccc(Cl)cc2)n1. The molecule has 0 unspecified atom stereocenters. The summed E-state index contributed by atoms with van der Waals surface area (Å²) in [4.78, 5) is 17.1. The van der Waals surface area contributed by atoms with E-state index in [9.17, 15) is 9.18 Å².